The number of aryl methyl sites for hydroxylation is 1. The topological polar surface area (TPSA) is 58.6 Å². The molecule has 5 nitrogen and oxygen atoms in total. The SMILES string of the molecule is Cc1ccc([C@@H](CN2CCOCC2)NS(=O)(=O)c2ccccc2F)cc1. The molecule has 0 aromatic heterocycles. The number of rotatable bonds is 6. The van der Waals surface area contributed by atoms with Gasteiger partial charge >= 0.3 is 0 Å². The van der Waals surface area contributed by atoms with Crippen molar-refractivity contribution in [3.63, 3.8) is 0 Å². The summed E-state index contributed by atoms with van der Waals surface area (Å²) in [5, 5.41) is 0. The molecule has 0 spiro atoms. The average Bonchev–Trinajstić information content (AvgIpc) is 2.63. The highest BCUT2D eigenvalue weighted by Gasteiger charge is 2.26. The molecule has 0 unspecified atom stereocenters. The van der Waals surface area contributed by atoms with Gasteiger partial charge in [-0.05, 0) is 24.6 Å². The first kappa shape index (κ1) is 19.0. The molecule has 0 aliphatic carbocycles. The summed E-state index contributed by atoms with van der Waals surface area (Å²) in [7, 11) is -3.98. The minimum atomic E-state index is -3.98. The molecule has 1 aliphatic rings. The second kappa shape index (κ2) is 8.26. The Morgan fingerprint density at radius 3 is 2.42 bits per heavy atom. The molecule has 3 rings (SSSR count). The Balaban J connectivity index is 1.87. The van der Waals surface area contributed by atoms with E-state index in [4.69, 9.17) is 4.74 Å². The summed E-state index contributed by atoms with van der Waals surface area (Å²) in [6.07, 6.45) is 0. The molecule has 1 N–H and O–H groups in total. The van der Waals surface area contributed by atoms with Gasteiger partial charge in [0.15, 0.2) is 0 Å². The first-order chi connectivity index (χ1) is 12.5. The molecule has 1 aliphatic heterocycles. The summed E-state index contributed by atoms with van der Waals surface area (Å²) in [6, 6.07) is 12.6. The van der Waals surface area contributed by atoms with E-state index in [1.54, 1.807) is 0 Å². The molecule has 26 heavy (non-hydrogen) atoms. The van der Waals surface area contributed by atoms with Crippen molar-refractivity contribution >= 4 is 10.0 Å². The summed E-state index contributed by atoms with van der Waals surface area (Å²) in [5.41, 5.74) is 1.94. The Bertz CT molecular complexity index is 834. The monoisotopic (exact) mass is 378 g/mol. The molecule has 0 amide bonds. The number of nitrogens with zero attached hydrogens (tertiary/aromatic N) is 1. The second-order valence-corrected chi connectivity index (χ2v) is 8.11. The van der Waals surface area contributed by atoms with Gasteiger partial charge < -0.3 is 4.74 Å². The molecule has 7 heteroatoms. The predicted octanol–water partition coefficient (Wildman–Crippen LogP) is 2.49. The van der Waals surface area contributed by atoms with Gasteiger partial charge in [-0.25, -0.2) is 17.5 Å². The lowest BCUT2D eigenvalue weighted by molar-refractivity contribution is 0.0345. The zero-order valence-electron chi connectivity index (χ0n) is 14.7. The van der Waals surface area contributed by atoms with Gasteiger partial charge in [-0.15, -0.1) is 0 Å². The van der Waals surface area contributed by atoms with Crippen LogP contribution in [0.1, 0.15) is 17.2 Å². The number of benzene rings is 2. The van der Waals surface area contributed by atoms with Gasteiger partial charge in [0.2, 0.25) is 10.0 Å². The van der Waals surface area contributed by atoms with E-state index in [0.717, 1.165) is 30.3 Å². The van der Waals surface area contributed by atoms with E-state index in [9.17, 15) is 12.8 Å². The van der Waals surface area contributed by atoms with Crippen LogP contribution in [0, 0.1) is 12.7 Å². The van der Waals surface area contributed by atoms with Crippen molar-refractivity contribution in [2.75, 3.05) is 32.8 Å². The summed E-state index contributed by atoms with van der Waals surface area (Å²) < 4.78 is 47.5. The molecule has 1 saturated heterocycles. The lowest BCUT2D eigenvalue weighted by Gasteiger charge is -2.31. The fraction of sp³-hybridized carbons (Fsp3) is 0.368. The van der Waals surface area contributed by atoms with Gasteiger partial charge in [0, 0.05) is 19.6 Å². The van der Waals surface area contributed by atoms with Crippen LogP contribution in [0.3, 0.4) is 0 Å². The standard InChI is InChI=1S/C19H23FN2O3S/c1-15-6-8-16(9-7-15)18(14-22-10-12-25-13-11-22)21-26(23,24)19-5-3-2-4-17(19)20/h2-9,18,21H,10-14H2,1H3/t18-/m1/s1. The van der Waals surface area contributed by atoms with Crippen LogP contribution in [0.5, 0.6) is 0 Å². The van der Waals surface area contributed by atoms with Crippen molar-refractivity contribution in [2.45, 2.75) is 17.9 Å². The lowest BCUT2D eigenvalue weighted by atomic mass is 10.1. The highest BCUT2D eigenvalue weighted by molar-refractivity contribution is 7.89. The fourth-order valence-electron chi connectivity index (χ4n) is 2.96. The molecule has 2 aromatic rings. The van der Waals surface area contributed by atoms with Gasteiger partial charge in [-0.2, -0.15) is 0 Å². The van der Waals surface area contributed by atoms with E-state index in [0.29, 0.717) is 19.8 Å². The first-order valence-corrected chi connectivity index (χ1v) is 10.1. The van der Waals surface area contributed by atoms with E-state index in [1.165, 1.54) is 18.2 Å². The van der Waals surface area contributed by atoms with Crippen molar-refractivity contribution < 1.29 is 17.5 Å². The molecular formula is C19H23FN2O3S. The molecule has 140 valence electrons. The van der Waals surface area contributed by atoms with Crippen molar-refractivity contribution in [2.24, 2.45) is 0 Å². The summed E-state index contributed by atoms with van der Waals surface area (Å²) in [5.74, 6) is -0.756. The third-order valence-corrected chi connectivity index (χ3v) is 5.95. The maximum atomic E-state index is 14.0. The third-order valence-electron chi connectivity index (χ3n) is 4.45. The van der Waals surface area contributed by atoms with Crippen LogP contribution in [0.2, 0.25) is 0 Å². The van der Waals surface area contributed by atoms with E-state index >= 15 is 0 Å². The maximum absolute atomic E-state index is 14.0. The second-order valence-electron chi connectivity index (χ2n) is 6.43. The molecule has 1 heterocycles. The number of nitrogens with one attached hydrogen (secondary N) is 1. The van der Waals surface area contributed by atoms with Crippen LogP contribution < -0.4 is 4.72 Å². The van der Waals surface area contributed by atoms with E-state index in [1.807, 2.05) is 31.2 Å². The summed E-state index contributed by atoms with van der Waals surface area (Å²) >= 11 is 0. The highest BCUT2D eigenvalue weighted by Crippen LogP contribution is 2.21. The van der Waals surface area contributed by atoms with Gasteiger partial charge in [0.25, 0.3) is 0 Å². The number of morpholine rings is 1. The van der Waals surface area contributed by atoms with E-state index in [2.05, 4.69) is 9.62 Å². The Morgan fingerprint density at radius 1 is 1.12 bits per heavy atom. The Labute approximate surface area is 153 Å². The smallest absolute Gasteiger partial charge is 0.244 e. The van der Waals surface area contributed by atoms with Gasteiger partial charge in [0.1, 0.15) is 10.7 Å². The van der Waals surface area contributed by atoms with Crippen molar-refractivity contribution in [3.05, 3.63) is 65.5 Å². The molecule has 0 bridgehead atoms. The Morgan fingerprint density at radius 2 is 1.77 bits per heavy atom. The summed E-state index contributed by atoms with van der Waals surface area (Å²) in [4.78, 5) is 1.82. The molecule has 1 fully saturated rings. The summed E-state index contributed by atoms with van der Waals surface area (Å²) in [6.45, 7) is 5.21. The van der Waals surface area contributed by atoms with Crippen LogP contribution in [0.25, 0.3) is 0 Å². The number of hydrogen-bond donors (Lipinski definition) is 1. The number of hydrogen-bond acceptors (Lipinski definition) is 4. The van der Waals surface area contributed by atoms with Crippen LogP contribution >= 0.6 is 0 Å². The number of halogens is 1. The predicted molar refractivity (Wildman–Crippen MR) is 97.9 cm³/mol. The molecule has 0 saturated carbocycles. The van der Waals surface area contributed by atoms with E-state index in [-0.39, 0.29) is 4.90 Å². The van der Waals surface area contributed by atoms with Gasteiger partial charge in [0.05, 0.1) is 19.3 Å². The molecule has 2 aromatic carbocycles. The van der Waals surface area contributed by atoms with Gasteiger partial charge in [-0.1, -0.05) is 42.0 Å². The Hall–Kier alpha value is -1.80. The van der Waals surface area contributed by atoms with Crippen molar-refractivity contribution in [1.82, 2.24) is 9.62 Å². The molecule has 0 radical (unpaired) electrons. The van der Waals surface area contributed by atoms with Crippen LogP contribution in [-0.4, -0.2) is 46.2 Å². The normalized spacial score (nSPS) is 17.2. The average molecular weight is 378 g/mol. The van der Waals surface area contributed by atoms with Crippen LogP contribution in [0.4, 0.5) is 4.39 Å². The zero-order valence-corrected chi connectivity index (χ0v) is 15.5. The number of sulfonamides is 1. The van der Waals surface area contributed by atoms with Crippen molar-refractivity contribution in [3.8, 4) is 0 Å². The Kier molecular flexibility index (Phi) is 6.03. The largest absolute Gasteiger partial charge is 0.379 e. The molecule has 1 atom stereocenters. The van der Waals surface area contributed by atoms with E-state index < -0.39 is 21.9 Å². The zero-order chi connectivity index (χ0) is 18.6. The lowest BCUT2D eigenvalue weighted by Crippen LogP contribution is -2.43. The minimum absolute atomic E-state index is 0.334. The van der Waals surface area contributed by atoms with Crippen LogP contribution in [0.15, 0.2) is 53.4 Å². The maximum Gasteiger partial charge on any atom is 0.244 e. The van der Waals surface area contributed by atoms with Gasteiger partial charge in [-0.3, -0.25) is 4.90 Å². The third kappa shape index (κ3) is 4.67. The fourth-order valence-corrected chi connectivity index (χ4v) is 4.26. The quantitative estimate of drug-likeness (QED) is 0.839. The molecular weight excluding hydrogens is 355 g/mol. The van der Waals surface area contributed by atoms with Crippen LogP contribution in [-0.2, 0) is 14.8 Å². The minimum Gasteiger partial charge on any atom is -0.379 e. The first-order valence-electron chi connectivity index (χ1n) is 8.59. The number of ether oxygens (including phenoxy) is 1. The highest BCUT2D eigenvalue weighted by atomic mass is 32.2. The van der Waals surface area contributed by atoms with Crippen molar-refractivity contribution in [1.29, 1.82) is 0 Å².